The van der Waals surface area contributed by atoms with Crippen LogP contribution in [0.1, 0.15) is 30.1 Å². The lowest BCUT2D eigenvalue weighted by molar-refractivity contribution is 0.0878. The number of Topliss-reactive ketones (excluding diaryl/α,β-unsaturated/α-hetero) is 1. The predicted octanol–water partition coefficient (Wildman–Crippen LogP) is 3.34. The van der Waals surface area contributed by atoms with E-state index in [1.807, 2.05) is 6.92 Å². The lowest BCUT2D eigenvalue weighted by Crippen LogP contribution is -2.08. The molecule has 0 amide bonds. The molecule has 0 aliphatic heterocycles. The molecule has 0 spiro atoms. The molecule has 0 fully saturated rings. The topological polar surface area (TPSA) is 26.3 Å². The third-order valence-corrected chi connectivity index (χ3v) is 2.60. The zero-order valence-electron chi connectivity index (χ0n) is 9.00. The van der Waals surface area contributed by atoms with Crippen LogP contribution in [0.3, 0.4) is 0 Å². The number of carbonyl (C=O) groups excluding carboxylic acids is 1. The number of ketones is 1. The molecule has 1 unspecified atom stereocenters. The Labute approximate surface area is 95.2 Å². The molecule has 0 aromatic heterocycles. The number of rotatable bonds is 5. The Balaban J connectivity index is 2.50. The summed E-state index contributed by atoms with van der Waals surface area (Å²) in [4.78, 5) is 11.7. The smallest absolute Gasteiger partial charge is 0.162 e. The van der Waals surface area contributed by atoms with Crippen molar-refractivity contribution in [2.75, 3.05) is 7.11 Å². The van der Waals surface area contributed by atoms with Gasteiger partial charge in [0.05, 0.1) is 6.10 Å². The zero-order valence-corrected chi connectivity index (χ0v) is 9.75. The fourth-order valence-corrected chi connectivity index (χ4v) is 1.36. The van der Waals surface area contributed by atoms with Gasteiger partial charge in [-0.3, -0.25) is 4.79 Å². The second-order valence-corrected chi connectivity index (χ2v) is 3.95. The van der Waals surface area contributed by atoms with Crippen molar-refractivity contribution < 1.29 is 9.53 Å². The Bertz CT molecular complexity index is 319. The lowest BCUT2D eigenvalue weighted by atomic mass is 10.1. The van der Waals surface area contributed by atoms with Crippen molar-refractivity contribution >= 4 is 17.4 Å². The van der Waals surface area contributed by atoms with Crippen LogP contribution in [0.5, 0.6) is 0 Å². The van der Waals surface area contributed by atoms with E-state index in [0.29, 0.717) is 17.0 Å². The third-order valence-electron chi connectivity index (χ3n) is 2.35. The molecule has 3 heteroatoms. The maximum Gasteiger partial charge on any atom is 0.162 e. The fourth-order valence-electron chi connectivity index (χ4n) is 1.23. The van der Waals surface area contributed by atoms with E-state index in [-0.39, 0.29) is 11.9 Å². The Morgan fingerprint density at radius 3 is 2.53 bits per heavy atom. The van der Waals surface area contributed by atoms with Gasteiger partial charge in [0.1, 0.15) is 0 Å². The first-order valence-corrected chi connectivity index (χ1v) is 5.33. The summed E-state index contributed by atoms with van der Waals surface area (Å²) in [6.07, 6.45) is 1.38. The molecule has 0 saturated heterocycles. The van der Waals surface area contributed by atoms with E-state index in [4.69, 9.17) is 16.3 Å². The Morgan fingerprint density at radius 1 is 1.40 bits per heavy atom. The van der Waals surface area contributed by atoms with Gasteiger partial charge in [-0.25, -0.2) is 0 Å². The standard InChI is InChI=1S/C12H15ClO2/c1-9(15-2)3-8-12(14)10-4-6-11(13)7-5-10/h4-7,9H,3,8H2,1-2H3. The molecule has 1 aromatic rings. The number of carbonyl (C=O) groups is 1. The van der Waals surface area contributed by atoms with E-state index in [0.717, 1.165) is 6.42 Å². The number of ether oxygens (including phenoxy) is 1. The molecule has 0 aliphatic rings. The van der Waals surface area contributed by atoms with Gasteiger partial charge in [0.15, 0.2) is 5.78 Å². The van der Waals surface area contributed by atoms with Gasteiger partial charge in [0.25, 0.3) is 0 Å². The summed E-state index contributed by atoms with van der Waals surface area (Å²) in [5.74, 6) is 0.135. The number of hydrogen-bond donors (Lipinski definition) is 0. The van der Waals surface area contributed by atoms with Crippen molar-refractivity contribution in [1.29, 1.82) is 0 Å². The van der Waals surface area contributed by atoms with Gasteiger partial charge in [-0.15, -0.1) is 0 Å². The van der Waals surface area contributed by atoms with E-state index in [1.54, 1.807) is 31.4 Å². The summed E-state index contributed by atoms with van der Waals surface area (Å²) in [7, 11) is 1.65. The van der Waals surface area contributed by atoms with Gasteiger partial charge in [-0.05, 0) is 37.6 Å². The molecule has 0 saturated carbocycles. The van der Waals surface area contributed by atoms with Crippen LogP contribution < -0.4 is 0 Å². The molecule has 82 valence electrons. The van der Waals surface area contributed by atoms with Gasteiger partial charge in [-0.1, -0.05) is 11.6 Å². The highest BCUT2D eigenvalue weighted by molar-refractivity contribution is 6.30. The maximum absolute atomic E-state index is 11.7. The van der Waals surface area contributed by atoms with Crippen LogP contribution in [-0.2, 0) is 4.74 Å². The van der Waals surface area contributed by atoms with Crippen molar-refractivity contribution in [3.63, 3.8) is 0 Å². The highest BCUT2D eigenvalue weighted by Gasteiger charge is 2.08. The average Bonchev–Trinajstić information content (AvgIpc) is 2.26. The normalized spacial score (nSPS) is 12.5. The lowest BCUT2D eigenvalue weighted by Gasteiger charge is -2.07. The maximum atomic E-state index is 11.7. The van der Waals surface area contributed by atoms with E-state index in [2.05, 4.69) is 0 Å². The SMILES string of the molecule is COC(C)CCC(=O)c1ccc(Cl)cc1. The molecule has 15 heavy (non-hydrogen) atoms. The van der Waals surface area contributed by atoms with Crippen molar-refractivity contribution in [2.24, 2.45) is 0 Å². The van der Waals surface area contributed by atoms with Gasteiger partial charge in [-0.2, -0.15) is 0 Å². The first-order valence-electron chi connectivity index (χ1n) is 4.95. The molecule has 2 nitrogen and oxygen atoms in total. The Kier molecular flexibility index (Phi) is 4.79. The Hall–Kier alpha value is -0.860. The van der Waals surface area contributed by atoms with Crippen molar-refractivity contribution in [3.8, 4) is 0 Å². The molecule has 0 N–H and O–H groups in total. The zero-order chi connectivity index (χ0) is 11.3. The molecule has 0 aliphatic carbocycles. The second kappa shape index (κ2) is 5.89. The van der Waals surface area contributed by atoms with Crippen LogP contribution in [0.25, 0.3) is 0 Å². The largest absolute Gasteiger partial charge is 0.382 e. The van der Waals surface area contributed by atoms with E-state index in [9.17, 15) is 4.79 Å². The number of hydrogen-bond acceptors (Lipinski definition) is 2. The summed E-state index contributed by atoms with van der Waals surface area (Å²) in [5.41, 5.74) is 0.711. The van der Waals surface area contributed by atoms with Crippen molar-refractivity contribution in [2.45, 2.75) is 25.9 Å². The second-order valence-electron chi connectivity index (χ2n) is 3.52. The number of benzene rings is 1. The average molecular weight is 227 g/mol. The molecule has 1 aromatic carbocycles. The molecule has 1 atom stereocenters. The molecule has 0 bridgehead atoms. The first kappa shape index (κ1) is 12.2. The van der Waals surface area contributed by atoms with E-state index in [1.165, 1.54) is 0 Å². The van der Waals surface area contributed by atoms with Crippen molar-refractivity contribution in [1.82, 2.24) is 0 Å². The highest BCUT2D eigenvalue weighted by atomic mass is 35.5. The van der Waals surface area contributed by atoms with Crippen LogP contribution >= 0.6 is 11.6 Å². The first-order chi connectivity index (χ1) is 7.13. The molecular weight excluding hydrogens is 212 g/mol. The number of halogens is 1. The predicted molar refractivity (Wildman–Crippen MR) is 61.5 cm³/mol. The molecule has 0 heterocycles. The monoisotopic (exact) mass is 226 g/mol. The van der Waals surface area contributed by atoms with Crippen molar-refractivity contribution in [3.05, 3.63) is 34.9 Å². The van der Waals surface area contributed by atoms with Gasteiger partial charge >= 0.3 is 0 Å². The summed E-state index contributed by atoms with van der Waals surface area (Å²) >= 11 is 5.74. The summed E-state index contributed by atoms with van der Waals surface area (Å²) in [5, 5.41) is 0.650. The molecular formula is C12H15ClO2. The van der Waals surface area contributed by atoms with Gasteiger partial charge < -0.3 is 4.74 Å². The Morgan fingerprint density at radius 2 is 2.00 bits per heavy atom. The van der Waals surface area contributed by atoms with E-state index >= 15 is 0 Å². The van der Waals surface area contributed by atoms with Crippen LogP contribution in [0.15, 0.2) is 24.3 Å². The van der Waals surface area contributed by atoms with Gasteiger partial charge in [0.2, 0.25) is 0 Å². The van der Waals surface area contributed by atoms with Crippen LogP contribution in [0.2, 0.25) is 5.02 Å². The van der Waals surface area contributed by atoms with Crippen LogP contribution in [-0.4, -0.2) is 19.0 Å². The number of methoxy groups -OCH3 is 1. The molecule has 0 radical (unpaired) electrons. The summed E-state index contributed by atoms with van der Waals surface area (Å²) in [6.45, 7) is 1.95. The quantitative estimate of drug-likeness (QED) is 0.720. The molecule has 1 rings (SSSR count). The third kappa shape index (κ3) is 4.02. The van der Waals surface area contributed by atoms with Gasteiger partial charge in [0, 0.05) is 24.1 Å². The minimum atomic E-state index is 0.126. The summed E-state index contributed by atoms with van der Waals surface area (Å²) in [6, 6.07) is 6.97. The highest BCUT2D eigenvalue weighted by Crippen LogP contribution is 2.12. The van der Waals surface area contributed by atoms with Crippen LogP contribution in [0, 0.1) is 0 Å². The van der Waals surface area contributed by atoms with E-state index < -0.39 is 0 Å². The minimum absolute atomic E-state index is 0.126. The van der Waals surface area contributed by atoms with Crippen LogP contribution in [0.4, 0.5) is 0 Å². The minimum Gasteiger partial charge on any atom is -0.382 e. The summed E-state index contributed by atoms with van der Waals surface area (Å²) < 4.78 is 5.08. The fraction of sp³-hybridized carbons (Fsp3) is 0.417.